The van der Waals surface area contributed by atoms with E-state index in [0.29, 0.717) is 46.3 Å². The normalized spacial score (nSPS) is 22.8. The quantitative estimate of drug-likeness (QED) is 0.332. The van der Waals surface area contributed by atoms with Crippen molar-refractivity contribution in [1.29, 1.82) is 0 Å². The van der Waals surface area contributed by atoms with Gasteiger partial charge in [-0.2, -0.15) is 4.36 Å². The number of nitrogens with zero attached hydrogens (tertiary/aromatic N) is 2. The van der Waals surface area contributed by atoms with Gasteiger partial charge in [-0.05, 0) is 23.3 Å². The van der Waals surface area contributed by atoms with Crippen molar-refractivity contribution in [2.24, 2.45) is 4.36 Å². The Balaban J connectivity index is 1.20. The number of nitrogens with one attached hydrogen (secondary N) is 1. The van der Waals surface area contributed by atoms with Crippen LogP contribution < -0.4 is 4.74 Å². The molecule has 204 valence electrons. The number of halogens is 1. The molecule has 0 saturated carbocycles. The number of aromatic nitrogens is 2. The Morgan fingerprint density at radius 3 is 2.33 bits per heavy atom. The third-order valence-electron chi connectivity index (χ3n) is 7.32. The van der Waals surface area contributed by atoms with Gasteiger partial charge in [0.05, 0.1) is 39.7 Å². The summed E-state index contributed by atoms with van der Waals surface area (Å²) in [4.78, 5) is 7.62. The van der Waals surface area contributed by atoms with Gasteiger partial charge in [0.2, 0.25) is 0 Å². The first-order chi connectivity index (χ1) is 18.9. The number of hydrogen-bond acceptors (Lipinski definition) is 7. The second-order valence-electron chi connectivity index (χ2n) is 9.77. The highest BCUT2D eigenvalue weighted by Gasteiger charge is 2.48. The molecule has 4 aromatic rings. The van der Waals surface area contributed by atoms with Gasteiger partial charge < -0.3 is 24.3 Å². The fourth-order valence-electron chi connectivity index (χ4n) is 5.04. The number of ether oxygens (including phenoxy) is 3. The van der Waals surface area contributed by atoms with Crippen LogP contribution in [0.2, 0.25) is 0 Å². The molecule has 6 rings (SSSR count). The molecule has 39 heavy (non-hydrogen) atoms. The number of rotatable bonds is 7. The first-order valence-electron chi connectivity index (χ1n) is 13.1. The SMILES string of the molecule is CCS(=O)(CC)=Nc1ccc(-c2ccc(-c3nc4cc(O[C@@H]5CO[C@H]6[C@@H]5OC[C@H]6O)[nH]c4cc3F)cc2)cc1. The van der Waals surface area contributed by atoms with E-state index in [4.69, 9.17) is 14.2 Å². The largest absolute Gasteiger partial charge is 0.470 e. The number of aromatic amines is 1. The number of hydrogen-bond donors (Lipinski definition) is 2. The second kappa shape index (κ2) is 10.3. The molecule has 0 unspecified atom stereocenters. The summed E-state index contributed by atoms with van der Waals surface area (Å²) in [6.45, 7) is 4.30. The zero-order valence-electron chi connectivity index (χ0n) is 21.7. The summed E-state index contributed by atoms with van der Waals surface area (Å²) >= 11 is 0. The lowest BCUT2D eigenvalue weighted by Gasteiger charge is -2.16. The van der Waals surface area contributed by atoms with E-state index < -0.39 is 27.8 Å². The van der Waals surface area contributed by atoms with Crippen molar-refractivity contribution in [3.8, 4) is 28.3 Å². The van der Waals surface area contributed by atoms with Crippen LogP contribution in [0.3, 0.4) is 0 Å². The molecule has 4 atom stereocenters. The summed E-state index contributed by atoms with van der Waals surface area (Å²) in [6, 6.07) is 18.3. The molecule has 2 N–H and O–H groups in total. The number of aliphatic hydroxyl groups excluding tert-OH is 1. The molecule has 2 fully saturated rings. The molecular weight excluding hydrogens is 521 g/mol. The van der Waals surface area contributed by atoms with E-state index in [1.807, 2.05) is 62.4 Å². The van der Waals surface area contributed by atoms with Gasteiger partial charge >= 0.3 is 0 Å². The summed E-state index contributed by atoms with van der Waals surface area (Å²) in [5.41, 5.74) is 4.63. The van der Waals surface area contributed by atoms with Crippen LogP contribution in [0.15, 0.2) is 65.0 Å². The Morgan fingerprint density at radius 1 is 1.00 bits per heavy atom. The van der Waals surface area contributed by atoms with Gasteiger partial charge in [-0.25, -0.2) is 13.6 Å². The van der Waals surface area contributed by atoms with E-state index in [1.165, 1.54) is 6.07 Å². The van der Waals surface area contributed by atoms with Gasteiger partial charge in [0.1, 0.15) is 24.0 Å². The molecule has 2 aliphatic rings. The highest BCUT2D eigenvalue weighted by atomic mass is 32.2. The lowest BCUT2D eigenvalue weighted by molar-refractivity contribution is 0.00794. The number of pyridine rings is 1. The number of fused-ring (bicyclic) bond motifs is 2. The average Bonchev–Trinajstić information content (AvgIpc) is 3.65. The summed E-state index contributed by atoms with van der Waals surface area (Å²) in [5.74, 6) is 1.04. The van der Waals surface area contributed by atoms with Crippen LogP contribution in [-0.2, 0) is 19.2 Å². The third kappa shape index (κ3) is 5.05. The number of H-pyrrole nitrogens is 1. The minimum Gasteiger partial charge on any atom is -0.470 e. The van der Waals surface area contributed by atoms with Crippen molar-refractivity contribution in [2.75, 3.05) is 24.7 Å². The molecule has 2 aromatic heterocycles. The second-order valence-corrected chi connectivity index (χ2v) is 12.7. The monoisotopic (exact) mass is 551 g/mol. The summed E-state index contributed by atoms with van der Waals surface area (Å²) < 4.78 is 49.4. The van der Waals surface area contributed by atoms with Gasteiger partial charge in [-0.1, -0.05) is 50.2 Å². The van der Waals surface area contributed by atoms with E-state index in [1.54, 1.807) is 6.07 Å². The lowest BCUT2D eigenvalue weighted by atomic mass is 10.0. The Kier molecular flexibility index (Phi) is 6.88. The Morgan fingerprint density at radius 2 is 1.64 bits per heavy atom. The maximum absolute atomic E-state index is 15.1. The first kappa shape index (κ1) is 25.9. The molecule has 0 spiro atoms. The van der Waals surface area contributed by atoms with Crippen LogP contribution in [-0.4, -0.2) is 68.4 Å². The molecule has 4 heterocycles. The lowest BCUT2D eigenvalue weighted by Crippen LogP contribution is -2.34. The molecule has 0 bridgehead atoms. The predicted octanol–water partition coefficient (Wildman–Crippen LogP) is 5.08. The van der Waals surface area contributed by atoms with Crippen molar-refractivity contribution in [1.82, 2.24) is 9.97 Å². The van der Waals surface area contributed by atoms with E-state index in [0.717, 1.165) is 11.1 Å². The van der Waals surface area contributed by atoms with Gasteiger partial charge in [0, 0.05) is 29.2 Å². The molecule has 10 heteroatoms. The average molecular weight is 552 g/mol. The fraction of sp³-hybridized carbons (Fsp3) is 0.345. The van der Waals surface area contributed by atoms with Crippen molar-refractivity contribution in [3.05, 3.63) is 66.5 Å². The topological polar surface area (TPSA) is 106 Å². The van der Waals surface area contributed by atoms with Crippen LogP contribution in [0.5, 0.6) is 5.88 Å². The highest BCUT2D eigenvalue weighted by molar-refractivity contribution is 7.93. The third-order valence-corrected chi connectivity index (χ3v) is 9.67. The summed E-state index contributed by atoms with van der Waals surface area (Å²) in [6.07, 6.45) is -1.76. The Hall–Kier alpha value is -3.31. The Bertz CT molecular complexity index is 1600. The molecule has 8 nitrogen and oxygen atoms in total. The summed E-state index contributed by atoms with van der Waals surface area (Å²) in [5, 5.41) is 9.94. The standard InChI is InChI=1S/C29H30FN3O5S/c1-3-39(35,4-2)33-20-11-9-18(10-12-20)17-5-7-19(8-6-17)27-21(30)13-22-23(32-27)14-26(31-22)38-25-16-37-28-24(34)15-36-29(25)28/h5-14,24-25,28-29,31,34H,3-4,15-16H2,1-2H3/t24-,25-,28-,29-/m1/s1. The number of aliphatic hydroxyl groups is 1. The van der Waals surface area contributed by atoms with E-state index in [2.05, 4.69) is 14.3 Å². The minimum absolute atomic E-state index is 0.221. The first-order valence-corrected chi connectivity index (χ1v) is 14.9. The number of benzene rings is 2. The molecule has 0 radical (unpaired) electrons. The minimum atomic E-state index is -2.21. The van der Waals surface area contributed by atoms with E-state index in [-0.39, 0.29) is 24.5 Å². The molecule has 2 aromatic carbocycles. The van der Waals surface area contributed by atoms with Crippen LogP contribution in [0.25, 0.3) is 33.4 Å². The van der Waals surface area contributed by atoms with Crippen molar-refractivity contribution < 1.29 is 27.9 Å². The van der Waals surface area contributed by atoms with Gasteiger partial charge in [0.25, 0.3) is 0 Å². The zero-order valence-corrected chi connectivity index (χ0v) is 22.5. The Labute approximate surface area is 226 Å². The van der Waals surface area contributed by atoms with Crippen LogP contribution in [0.4, 0.5) is 10.1 Å². The fourth-order valence-corrected chi connectivity index (χ4v) is 6.21. The maximum Gasteiger partial charge on any atom is 0.193 e. The molecular formula is C29H30FN3O5S. The molecule has 2 saturated heterocycles. The molecule has 0 aliphatic carbocycles. The zero-order chi connectivity index (χ0) is 27.1. The van der Waals surface area contributed by atoms with Crippen LogP contribution in [0.1, 0.15) is 13.8 Å². The predicted molar refractivity (Wildman–Crippen MR) is 148 cm³/mol. The maximum atomic E-state index is 15.1. The van der Waals surface area contributed by atoms with Crippen LogP contribution in [0, 0.1) is 5.82 Å². The van der Waals surface area contributed by atoms with Gasteiger partial charge in [-0.15, -0.1) is 0 Å². The summed E-state index contributed by atoms with van der Waals surface area (Å²) in [7, 11) is -2.21. The van der Waals surface area contributed by atoms with Crippen molar-refractivity contribution in [3.63, 3.8) is 0 Å². The van der Waals surface area contributed by atoms with Gasteiger partial charge in [0.15, 0.2) is 17.8 Å². The molecule has 0 amide bonds. The molecule has 2 aliphatic heterocycles. The smallest absolute Gasteiger partial charge is 0.193 e. The van der Waals surface area contributed by atoms with Gasteiger partial charge in [-0.3, -0.25) is 0 Å². The van der Waals surface area contributed by atoms with Crippen molar-refractivity contribution in [2.45, 2.75) is 38.3 Å². The van der Waals surface area contributed by atoms with Crippen molar-refractivity contribution >= 4 is 26.4 Å². The highest BCUT2D eigenvalue weighted by Crippen LogP contribution is 2.33. The van der Waals surface area contributed by atoms with E-state index >= 15 is 4.39 Å². The van der Waals surface area contributed by atoms with Crippen LogP contribution >= 0.6 is 0 Å². The van der Waals surface area contributed by atoms with E-state index in [9.17, 15) is 9.32 Å².